The first-order valence-corrected chi connectivity index (χ1v) is 7.02. The van der Waals surface area contributed by atoms with Crippen LogP contribution in [-0.2, 0) is 23.6 Å². The lowest BCUT2D eigenvalue weighted by Crippen LogP contribution is -2.13. The van der Waals surface area contributed by atoms with Gasteiger partial charge in [0.25, 0.3) is 16.0 Å². The molecule has 0 radical (unpaired) electrons. The number of aromatic nitrogens is 5. The van der Waals surface area contributed by atoms with Crippen molar-refractivity contribution in [3.63, 3.8) is 0 Å². The van der Waals surface area contributed by atoms with E-state index in [1.165, 1.54) is 17.8 Å². The molecule has 0 unspecified atom stereocenters. The summed E-state index contributed by atoms with van der Waals surface area (Å²) in [4.78, 5) is 11.9. The molecule has 0 atom stereocenters. The van der Waals surface area contributed by atoms with Gasteiger partial charge in [0.1, 0.15) is 10.6 Å². The van der Waals surface area contributed by atoms with Gasteiger partial charge in [0, 0.05) is 12.7 Å². The fraction of sp³-hybridized carbons (Fsp3) is 0.333. The van der Waals surface area contributed by atoms with Crippen molar-refractivity contribution in [3.8, 4) is 0 Å². The second kappa shape index (κ2) is 4.92. The SMILES string of the molecule is CCn1cc(S(=O)(=O)Nc2nnn(C)n2)cc1C(=O)O. The summed E-state index contributed by atoms with van der Waals surface area (Å²) in [5, 5.41) is 19.7. The lowest BCUT2D eigenvalue weighted by atomic mass is 10.4. The first-order valence-electron chi connectivity index (χ1n) is 5.53. The molecule has 0 saturated heterocycles. The molecule has 2 aromatic heterocycles. The van der Waals surface area contributed by atoms with Crippen LogP contribution in [0.15, 0.2) is 17.2 Å². The van der Waals surface area contributed by atoms with Gasteiger partial charge in [-0.2, -0.15) is 4.80 Å². The zero-order valence-electron chi connectivity index (χ0n) is 10.7. The quantitative estimate of drug-likeness (QED) is 0.762. The summed E-state index contributed by atoms with van der Waals surface area (Å²) in [7, 11) is -2.47. The maximum atomic E-state index is 12.1. The third-order valence-electron chi connectivity index (χ3n) is 2.48. The van der Waals surface area contributed by atoms with Gasteiger partial charge in [-0.25, -0.2) is 17.9 Å². The Morgan fingerprint density at radius 2 is 2.20 bits per heavy atom. The molecule has 2 rings (SSSR count). The lowest BCUT2D eigenvalue weighted by molar-refractivity contribution is 0.0685. The molecule has 108 valence electrons. The first-order chi connectivity index (χ1) is 9.33. The van der Waals surface area contributed by atoms with Gasteiger partial charge >= 0.3 is 5.97 Å². The summed E-state index contributed by atoms with van der Waals surface area (Å²) in [6, 6.07) is 1.07. The van der Waals surface area contributed by atoms with E-state index in [9.17, 15) is 13.2 Å². The molecule has 0 saturated carbocycles. The highest BCUT2D eigenvalue weighted by Crippen LogP contribution is 2.17. The number of carbonyl (C=O) groups is 1. The largest absolute Gasteiger partial charge is 0.477 e. The minimum absolute atomic E-state index is 0.111. The van der Waals surface area contributed by atoms with E-state index in [0.29, 0.717) is 6.54 Å². The highest BCUT2D eigenvalue weighted by atomic mass is 32.2. The Kier molecular flexibility index (Phi) is 3.44. The predicted octanol–water partition coefficient (Wildman–Crippen LogP) is -0.470. The van der Waals surface area contributed by atoms with Crippen LogP contribution in [0.5, 0.6) is 0 Å². The second-order valence-corrected chi connectivity index (χ2v) is 5.54. The molecule has 0 bridgehead atoms. The van der Waals surface area contributed by atoms with E-state index >= 15 is 0 Å². The van der Waals surface area contributed by atoms with Crippen molar-refractivity contribution < 1.29 is 18.3 Å². The summed E-state index contributed by atoms with van der Waals surface area (Å²) >= 11 is 0. The lowest BCUT2D eigenvalue weighted by Gasteiger charge is -2.01. The summed E-state index contributed by atoms with van der Waals surface area (Å²) in [5.41, 5.74) is -0.111. The number of hydrogen-bond donors (Lipinski definition) is 2. The number of aryl methyl sites for hydroxylation is 2. The molecular weight excluding hydrogens is 288 g/mol. The number of nitrogens with zero attached hydrogens (tertiary/aromatic N) is 5. The van der Waals surface area contributed by atoms with Crippen LogP contribution < -0.4 is 4.72 Å². The van der Waals surface area contributed by atoms with Crippen LogP contribution >= 0.6 is 0 Å². The van der Waals surface area contributed by atoms with Crippen LogP contribution in [0.3, 0.4) is 0 Å². The number of aromatic carboxylic acids is 1. The zero-order chi connectivity index (χ0) is 14.9. The molecule has 0 spiro atoms. The summed E-state index contributed by atoms with van der Waals surface area (Å²) in [5.74, 6) is -1.39. The molecule has 0 aliphatic carbocycles. The summed E-state index contributed by atoms with van der Waals surface area (Å²) in [6.45, 7) is 2.04. The molecule has 0 fully saturated rings. The third kappa shape index (κ3) is 2.61. The zero-order valence-corrected chi connectivity index (χ0v) is 11.5. The monoisotopic (exact) mass is 300 g/mol. The molecular formula is C9H12N6O4S. The molecule has 10 nitrogen and oxygen atoms in total. The van der Waals surface area contributed by atoms with E-state index in [2.05, 4.69) is 20.1 Å². The van der Waals surface area contributed by atoms with Crippen LogP contribution in [0.1, 0.15) is 17.4 Å². The Hall–Kier alpha value is -2.43. The topological polar surface area (TPSA) is 132 Å². The van der Waals surface area contributed by atoms with E-state index in [0.717, 1.165) is 10.9 Å². The number of rotatable bonds is 5. The van der Waals surface area contributed by atoms with E-state index in [-0.39, 0.29) is 16.5 Å². The number of hydrogen-bond acceptors (Lipinski definition) is 6. The smallest absolute Gasteiger partial charge is 0.352 e. The molecule has 0 amide bonds. The van der Waals surface area contributed by atoms with Crippen LogP contribution in [-0.4, -0.2) is 44.3 Å². The van der Waals surface area contributed by atoms with Gasteiger partial charge in [0.2, 0.25) is 0 Å². The molecule has 0 aromatic carbocycles. The molecule has 2 aromatic rings. The Morgan fingerprint density at radius 1 is 1.50 bits per heavy atom. The molecule has 2 N–H and O–H groups in total. The number of carboxylic acids is 1. The van der Waals surface area contributed by atoms with Crippen molar-refractivity contribution in [3.05, 3.63) is 18.0 Å². The molecule has 11 heteroatoms. The molecule has 0 aliphatic rings. The van der Waals surface area contributed by atoms with Crippen molar-refractivity contribution in [2.45, 2.75) is 18.4 Å². The highest BCUT2D eigenvalue weighted by molar-refractivity contribution is 7.92. The van der Waals surface area contributed by atoms with Crippen molar-refractivity contribution >= 4 is 21.9 Å². The van der Waals surface area contributed by atoms with E-state index in [4.69, 9.17) is 5.11 Å². The van der Waals surface area contributed by atoms with Crippen LogP contribution in [0, 0.1) is 0 Å². The average Bonchev–Trinajstić information content (AvgIpc) is 2.95. The number of tetrazole rings is 1. The van der Waals surface area contributed by atoms with Gasteiger partial charge in [-0.15, -0.1) is 5.10 Å². The fourth-order valence-corrected chi connectivity index (χ4v) is 2.55. The van der Waals surface area contributed by atoms with E-state index in [1.54, 1.807) is 6.92 Å². The van der Waals surface area contributed by atoms with Crippen molar-refractivity contribution in [2.75, 3.05) is 4.72 Å². The Balaban J connectivity index is 2.37. The predicted molar refractivity (Wildman–Crippen MR) is 66.7 cm³/mol. The Morgan fingerprint density at radius 3 is 2.65 bits per heavy atom. The number of sulfonamides is 1. The first kappa shape index (κ1) is 14.0. The number of nitrogens with one attached hydrogen (secondary N) is 1. The van der Waals surface area contributed by atoms with Gasteiger partial charge in [-0.05, 0) is 18.2 Å². The molecule has 0 aliphatic heterocycles. The minimum atomic E-state index is -3.96. The average molecular weight is 300 g/mol. The van der Waals surface area contributed by atoms with Crippen molar-refractivity contribution in [1.82, 2.24) is 24.8 Å². The van der Waals surface area contributed by atoms with E-state index in [1.807, 2.05) is 0 Å². The minimum Gasteiger partial charge on any atom is -0.477 e. The van der Waals surface area contributed by atoms with E-state index < -0.39 is 16.0 Å². The standard InChI is InChI=1S/C9H12N6O4S/c1-3-15-5-6(4-7(15)8(16)17)20(18,19)12-9-10-13-14(2)11-9/h4-5H,3H2,1-2H3,(H,11,12)(H,16,17). The van der Waals surface area contributed by atoms with Gasteiger partial charge < -0.3 is 9.67 Å². The summed E-state index contributed by atoms with van der Waals surface area (Å²) in [6.07, 6.45) is 1.24. The van der Waals surface area contributed by atoms with Crippen molar-refractivity contribution in [2.24, 2.45) is 7.05 Å². The third-order valence-corrected chi connectivity index (χ3v) is 3.77. The van der Waals surface area contributed by atoms with Crippen molar-refractivity contribution in [1.29, 1.82) is 0 Å². The fourth-order valence-electron chi connectivity index (χ4n) is 1.58. The molecule has 2 heterocycles. The van der Waals surface area contributed by atoms with Gasteiger partial charge in [-0.1, -0.05) is 5.10 Å². The van der Waals surface area contributed by atoms with Gasteiger partial charge in [-0.3, -0.25) is 0 Å². The second-order valence-electron chi connectivity index (χ2n) is 3.86. The maximum absolute atomic E-state index is 12.1. The molecule has 20 heavy (non-hydrogen) atoms. The Labute approximate surface area is 114 Å². The van der Waals surface area contributed by atoms with Crippen LogP contribution in [0.2, 0.25) is 0 Å². The highest BCUT2D eigenvalue weighted by Gasteiger charge is 2.22. The number of anilines is 1. The normalized spacial score (nSPS) is 11.5. The van der Waals surface area contributed by atoms with Gasteiger partial charge in [0.15, 0.2) is 0 Å². The maximum Gasteiger partial charge on any atom is 0.352 e. The number of carboxylic acid groups (broad SMARTS) is 1. The van der Waals surface area contributed by atoms with Gasteiger partial charge in [0.05, 0.1) is 7.05 Å². The Bertz CT molecular complexity index is 746. The van der Waals surface area contributed by atoms with Crippen LogP contribution in [0.4, 0.5) is 5.95 Å². The summed E-state index contributed by atoms with van der Waals surface area (Å²) < 4.78 is 27.6. The van der Waals surface area contributed by atoms with Crippen LogP contribution in [0.25, 0.3) is 0 Å².